The first-order chi connectivity index (χ1) is 9.43. The quantitative estimate of drug-likeness (QED) is 0.610. The summed E-state index contributed by atoms with van der Waals surface area (Å²) in [6.45, 7) is 1.94. The van der Waals surface area contributed by atoms with E-state index in [9.17, 15) is 8.78 Å². The molecular weight excluding hydrogens is 394 g/mol. The molecule has 2 rings (SSSR count). The monoisotopic (exact) mass is 404 g/mol. The van der Waals surface area contributed by atoms with E-state index in [-0.39, 0.29) is 0 Å². The topological polar surface area (TPSA) is 9.23 Å². The Morgan fingerprint density at radius 2 is 1.80 bits per heavy atom. The van der Waals surface area contributed by atoms with Crippen LogP contribution >= 0.6 is 31.9 Å². The molecule has 0 radical (unpaired) electrons. The second-order valence-corrected chi connectivity index (χ2v) is 6.14. The average Bonchev–Trinajstić information content (AvgIpc) is 2.40. The van der Waals surface area contributed by atoms with Crippen LogP contribution in [0.1, 0.15) is 21.5 Å². The maximum absolute atomic E-state index is 13.9. The highest BCUT2D eigenvalue weighted by Crippen LogP contribution is 2.40. The van der Waals surface area contributed by atoms with Gasteiger partial charge in [0.05, 0.1) is 11.9 Å². The van der Waals surface area contributed by atoms with E-state index in [0.717, 1.165) is 21.7 Å². The summed E-state index contributed by atoms with van der Waals surface area (Å²) in [5.41, 5.74) is 2.15. The predicted molar refractivity (Wildman–Crippen MR) is 82.6 cm³/mol. The zero-order valence-corrected chi connectivity index (χ0v) is 14.1. The maximum Gasteiger partial charge on any atom is 0.130 e. The van der Waals surface area contributed by atoms with Crippen LogP contribution in [-0.4, -0.2) is 7.11 Å². The molecule has 0 bridgehead atoms. The van der Waals surface area contributed by atoms with Crippen molar-refractivity contribution in [2.75, 3.05) is 7.11 Å². The summed E-state index contributed by atoms with van der Waals surface area (Å²) < 4.78 is 33.1. The van der Waals surface area contributed by atoms with Crippen LogP contribution in [-0.2, 0) is 0 Å². The summed E-state index contributed by atoms with van der Waals surface area (Å²) in [7, 11) is 1.56. The van der Waals surface area contributed by atoms with Crippen LogP contribution in [0.4, 0.5) is 8.78 Å². The number of benzene rings is 2. The van der Waals surface area contributed by atoms with Crippen LogP contribution in [0.3, 0.4) is 0 Å². The van der Waals surface area contributed by atoms with Crippen molar-refractivity contribution in [1.82, 2.24) is 0 Å². The number of ether oxygens (including phenoxy) is 1. The van der Waals surface area contributed by atoms with Gasteiger partial charge in [-0.05, 0) is 30.7 Å². The van der Waals surface area contributed by atoms with E-state index in [1.165, 1.54) is 12.1 Å². The second kappa shape index (κ2) is 6.22. The van der Waals surface area contributed by atoms with Gasteiger partial charge in [0.15, 0.2) is 0 Å². The standard InChI is InChI=1S/C15H12Br2F2O/c1-8-5-14(20-2)11(7-12(8)16)15(17)10-4-3-9(18)6-13(10)19/h3-7,15H,1-2H3. The molecule has 0 saturated carbocycles. The largest absolute Gasteiger partial charge is 0.496 e. The molecule has 1 nitrogen and oxygen atoms in total. The minimum Gasteiger partial charge on any atom is -0.496 e. The van der Waals surface area contributed by atoms with Gasteiger partial charge in [0, 0.05) is 21.7 Å². The molecule has 0 N–H and O–H groups in total. The summed E-state index contributed by atoms with van der Waals surface area (Å²) in [4.78, 5) is -0.421. The van der Waals surface area contributed by atoms with Crippen molar-refractivity contribution in [3.05, 3.63) is 63.1 Å². The molecular formula is C15H12Br2F2O. The van der Waals surface area contributed by atoms with Gasteiger partial charge in [-0.25, -0.2) is 8.78 Å². The molecule has 0 saturated heterocycles. The van der Waals surface area contributed by atoms with E-state index >= 15 is 0 Å². The number of methoxy groups -OCH3 is 1. The summed E-state index contributed by atoms with van der Waals surface area (Å²) in [6, 6.07) is 7.28. The molecule has 20 heavy (non-hydrogen) atoms. The number of halogens is 4. The third-order valence-corrected chi connectivity index (χ3v) is 4.86. The van der Waals surface area contributed by atoms with E-state index < -0.39 is 16.5 Å². The third kappa shape index (κ3) is 3.04. The van der Waals surface area contributed by atoms with Crippen molar-refractivity contribution in [3.8, 4) is 5.75 Å². The lowest BCUT2D eigenvalue weighted by molar-refractivity contribution is 0.409. The predicted octanol–water partition coefficient (Wildman–Crippen LogP) is 5.53. The molecule has 0 fully saturated rings. The van der Waals surface area contributed by atoms with Crippen molar-refractivity contribution in [2.24, 2.45) is 0 Å². The molecule has 1 unspecified atom stereocenters. The van der Waals surface area contributed by atoms with Crippen LogP contribution in [0.15, 0.2) is 34.8 Å². The summed E-state index contributed by atoms with van der Waals surface area (Å²) in [5.74, 6) is -0.537. The number of alkyl halides is 1. The Morgan fingerprint density at radius 1 is 1.10 bits per heavy atom. The lowest BCUT2D eigenvalue weighted by Gasteiger charge is -2.17. The minimum absolute atomic E-state index is 0.362. The Kier molecular flexibility index (Phi) is 4.81. The summed E-state index contributed by atoms with van der Waals surface area (Å²) in [5, 5.41) is 0. The van der Waals surface area contributed by atoms with E-state index in [2.05, 4.69) is 31.9 Å². The van der Waals surface area contributed by atoms with Gasteiger partial charge in [-0.1, -0.05) is 37.9 Å². The van der Waals surface area contributed by atoms with Crippen LogP contribution in [0, 0.1) is 18.6 Å². The van der Waals surface area contributed by atoms with Crippen molar-refractivity contribution in [1.29, 1.82) is 0 Å². The molecule has 1 atom stereocenters. The van der Waals surface area contributed by atoms with Gasteiger partial charge in [-0.2, -0.15) is 0 Å². The minimum atomic E-state index is -0.594. The first-order valence-electron chi connectivity index (χ1n) is 5.87. The highest BCUT2D eigenvalue weighted by atomic mass is 79.9. The van der Waals surface area contributed by atoms with Crippen molar-refractivity contribution < 1.29 is 13.5 Å². The van der Waals surface area contributed by atoms with Crippen molar-refractivity contribution >= 4 is 31.9 Å². The first kappa shape index (κ1) is 15.4. The molecule has 0 aliphatic carbocycles. The fourth-order valence-electron chi connectivity index (χ4n) is 1.92. The molecule has 5 heteroatoms. The van der Waals surface area contributed by atoms with Crippen molar-refractivity contribution in [3.63, 3.8) is 0 Å². The highest BCUT2D eigenvalue weighted by Gasteiger charge is 2.20. The Morgan fingerprint density at radius 3 is 2.40 bits per heavy atom. The van der Waals surface area contributed by atoms with Crippen molar-refractivity contribution in [2.45, 2.75) is 11.8 Å². The average molecular weight is 406 g/mol. The zero-order chi connectivity index (χ0) is 14.9. The SMILES string of the molecule is COc1cc(C)c(Br)cc1C(Br)c1ccc(F)cc1F. The number of hydrogen-bond donors (Lipinski definition) is 0. The molecule has 0 aliphatic heterocycles. The van der Waals surface area contributed by atoms with Gasteiger partial charge in [-0.15, -0.1) is 0 Å². The Bertz CT molecular complexity index is 644. The lowest BCUT2D eigenvalue weighted by Crippen LogP contribution is -2.01. The van der Waals surface area contributed by atoms with E-state index in [1.807, 2.05) is 19.1 Å². The van der Waals surface area contributed by atoms with Gasteiger partial charge < -0.3 is 4.74 Å². The molecule has 106 valence electrons. The number of hydrogen-bond acceptors (Lipinski definition) is 1. The first-order valence-corrected chi connectivity index (χ1v) is 7.58. The van der Waals surface area contributed by atoms with Crippen LogP contribution < -0.4 is 4.74 Å². The molecule has 0 spiro atoms. The van der Waals surface area contributed by atoms with Crippen LogP contribution in [0.5, 0.6) is 5.75 Å². The van der Waals surface area contributed by atoms with E-state index in [1.54, 1.807) is 7.11 Å². The molecule has 0 heterocycles. The summed E-state index contributed by atoms with van der Waals surface area (Å²) in [6.07, 6.45) is 0. The third-order valence-electron chi connectivity index (χ3n) is 3.02. The highest BCUT2D eigenvalue weighted by molar-refractivity contribution is 9.10. The number of aryl methyl sites for hydroxylation is 1. The Labute approximate surface area is 133 Å². The smallest absolute Gasteiger partial charge is 0.130 e. The van der Waals surface area contributed by atoms with Gasteiger partial charge in [-0.3, -0.25) is 0 Å². The Balaban J connectivity index is 2.52. The molecule has 0 aliphatic rings. The second-order valence-electron chi connectivity index (χ2n) is 4.37. The molecule has 0 amide bonds. The molecule has 0 aromatic heterocycles. The van der Waals surface area contributed by atoms with E-state index in [0.29, 0.717) is 11.3 Å². The summed E-state index contributed by atoms with van der Waals surface area (Å²) >= 11 is 6.91. The van der Waals surface area contributed by atoms with E-state index in [4.69, 9.17) is 4.74 Å². The van der Waals surface area contributed by atoms with Gasteiger partial charge in [0.25, 0.3) is 0 Å². The van der Waals surface area contributed by atoms with Gasteiger partial charge in [0.1, 0.15) is 17.4 Å². The maximum atomic E-state index is 13.9. The Hall–Kier alpha value is -0.940. The normalized spacial score (nSPS) is 12.3. The number of rotatable bonds is 3. The lowest BCUT2D eigenvalue weighted by atomic mass is 10.0. The van der Waals surface area contributed by atoms with Crippen LogP contribution in [0.25, 0.3) is 0 Å². The van der Waals surface area contributed by atoms with Gasteiger partial charge in [0.2, 0.25) is 0 Å². The molecule has 2 aromatic rings. The molecule has 2 aromatic carbocycles. The van der Waals surface area contributed by atoms with Gasteiger partial charge >= 0.3 is 0 Å². The fourth-order valence-corrected chi connectivity index (χ4v) is 3.01. The van der Waals surface area contributed by atoms with Crippen LogP contribution in [0.2, 0.25) is 0 Å². The zero-order valence-electron chi connectivity index (χ0n) is 10.9. The fraction of sp³-hybridized carbons (Fsp3) is 0.200.